The highest BCUT2D eigenvalue weighted by Gasteiger charge is 2.23. The zero-order valence-corrected chi connectivity index (χ0v) is 17.8. The van der Waals surface area contributed by atoms with Crippen molar-refractivity contribution in [1.82, 2.24) is 5.48 Å². The topological polar surface area (TPSA) is 112 Å². The van der Waals surface area contributed by atoms with Crippen LogP contribution in [0, 0.1) is 29.8 Å². The van der Waals surface area contributed by atoms with E-state index in [2.05, 4.69) is 16.4 Å². The van der Waals surface area contributed by atoms with E-state index in [0.717, 1.165) is 18.3 Å². The Morgan fingerprint density at radius 1 is 1.27 bits per heavy atom. The maximum Gasteiger partial charge on any atom is 0.277 e. The number of aliphatic hydroxyl groups is 2. The summed E-state index contributed by atoms with van der Waals surface area (Å²) in [5.41, 5.74) is -0.918. The summed E-state index contributed by atoms with van der Waals surface area (Å²) in [6, 6.07) is 4.50. The molecular formula is C22H22F3N3O5. The SMILES string of the molecule is C#Cc1ccc(Nc2c(C(=O)NOCCO)cc(C=NOCC(C)(C)O)c(F)c2F)c(F)c1. The Bertz CT molecular complexity index is 1080. The smallest absolute Gasteiger partial charge is 0.277 e. The van der Waals surface area contributed by atoms with Crippen molar-refractivity contribution in [2.45, 2.75) is 19.4 Å². The summed E-state index contributed by atoms with van der Waals surface area (Å²) in [4.78, 5) is 22.1. The standard InChI is InChI=1S/C22H22F3N3O5/c1-4-13-5-6-17(16(23)9-13)27-20-15(21(30)28-32-8-7-29)10-14(18(24)19(20)25)11-26-33-12-22(2,3)31/h1,5-6,9-11,27,29,31H,7-8,12H2,2-3H3,(H,28,30). The van der Waals surface area contributed by atoms with E-state index in [4.69, 9.17) is 21.2 Å². The fourth-order valence-electron chi connectivity index (χ4n) is 2.39. The Labute approximate surface area is 188 Å². The zero-order valence-electron chi connectivity index (χ0n) is 17.8. The minimum Gasteiger partial charge on any atom is -0.394 e. The molecule has 11 heteroatoms. The molecule has 176 valence electrons. The van der Waals surface area contributed by atoms with Crippen LogP contribution in [0.3, 0.4) is 0 Å². The molecular weight excluding hydrogens is 443 g/mol. The van der Waals surface area contributed by atoms with Crippen LogP contribution in [0.15, 0.2) is 29.4 Å². The van der Waals surface area contributed by atoms with Crippen molar-refractivity contribution >= 4 is 23.5 Å². The van der Waals surface area contributed by atoms with Crippen LogP contribution < -0.4 is 10.8 Å². The second-order valence-corrected chi connectivity index (χ2v) is 7.30. The van der Waals surface area contributed by atoms with E-state index >= 15 is 0 Å². The fourth-order valence-corrected chi connectivity index (χ4v) is 2.39. The number of carbonyl (C=O) groups excluding carboxylic acids is 1. The summed E-state index contributed by atoms with van der Waals surface area (Å²) in [6.45, 7) is 2.00. The van der Waals surface area contributed by atoms with Gasteiger partial charge < -0.3 is 20.4 Å². The quantitative estimate of drug-likeness (QED) is 0.186. The number of amides is 1. The van der Waals surface area contributed by atoms with E-state index in [9.17, 15) is 23.1 Å². The van der Waals surface area contributed by atoms with Crippen LogP contribution in [-0.2, 0) is 9.68 Å². The highest BCUT2D eigenvalue weighted by atomic mass is 19.2. The zero-order chi connectivity index (χ0) is 24.6. The summed E-state index contributed by atoms with van der Waals surface area (Å²) < 4.78 is 43.9. The summed E-state index contributed by atoms with van der Waals surface area (Å²) in [6.07, 6.45) is 6.02. The Morgan fingerprint density at radius 3 is 2.61 bits per heavy atom. The number of rotatable bonds is 10. The van der Waals surface area contributed by atoms with Crippen LogP contribution >= 0.6 is 0 Å². The summed E-state index contributed by atoms with van der Waals surface area (Å²) >= 11 is 0. The van der Waals surface area contributed by atoms with Crippen LogP contribution in [0.25, 0.3) is 0 Å². The van der Waals surface area contributed by atoms with Gasteiger partial charge in [-0.2, -0.15) is 0 Å². The van der Waals surface area contributed by atoms with Gasteiger partial charge in [0.05, 0.1) is 42.0 Å². The van der Waals surface area contributed by atoms with Crippen molar-refractivity contribution in [1.29, 1.82) is 0 Å². The van der Waals surface area contributed by atoms with Crippen molar-refractivity contribution < 1.29 is 37.9 Å². The number of oxime groups is 1. The predicted molar refractivity (Wildman–Crippen MR) is 114 cm³/mol. The molecule has 0 unspecified atom stereocenters. The van der Waals surface area contributed by atoms with Crippen molar-refractivity contribution in [3.8, 4) is 12.3 Å². The molecule has 0 atom stereocenters. The molecule has 0 spiro atoms. The lowest BCUT2D eigenvalue weighted by molar-refractivity contribution is -0.0185. The average molecular weight is 465 g/mol. The summed E-state index contributed by atoms with van der Waals surface area (Å²) in [7, 11) is 0. The van der Waals surface area contributed by atoms with E-state index in [0.29, 0.717) is 0 Å². The molecule has 0 heterocycles. The van der Waals surface area contributed by atoms with Gasteiger partial charge in [0.15, 0.2) is 11.6 Å². The van der Waals surface area contributed by atoms with Gasteiger partial charge in [-0.25, -0.2) is 18.7 Å². The molecule has 2 aromatic carbocycles. The first-order chi connectivity index (χ1) is 15.6. The summed E-state index contributed by atoms with van der Waals surface area (Å²) in [5.74, 6) is -2.55. The van der Waals surface area contributed by atoms with Gasteiger partial charge in [-0.1, -0.05) is 11.1 Å². The van der Waals surface area contributed by atoms with Gasteiger partial charge in [-0.15, -0.1) is 6.42 Å². The van der Waals surface area contributed by atoms with Gasteiger partial charge in [0.1, 0.15) is 12.4 Å². The molecule has 0 aliphatic rings. The number of hydrogen-bond donors (Lipinski definition) is 4. The second-order valence-electron chi connectivity index (χ2n) is 7.30. The number of benzene rings is 2. The number of halogens is 3. The van der Waals surface area contributed by atoms with Gasteiger partial charge >= 0.3 is 0 Å². The molecule has 0 aromatic heterocycles. The number of aliphatic hydroxyl groups excluding tert-OH is 1. The van der Waals surface area contributed by atoms with Crippen LogP contribution in [-0.4, -0.2) is 47.8 Å². The molecule has 0 radical (unpaired) electrons. The Morgan fingerprint density at radius 2 is 2.00 bits per heavy atom. The number of nitrogens with zero attached hydrogens (tertiary/aromatic N) is 1. The van der Waals surface area contributed by atoms with E-state index in [1.165, 1.54) is 26.0 Å². The Hall–Kier alpha value is -3.59. The minimum atomic E-state index is -1.51. The molecule has 2 rings (SSSR count). The monoisotopic (exact) mass is 465 g/mol. The molecule has 0 aliphatic carbocycles. The summed E-state index contributed by atoms with van der Waals surface area (Å²) in [5, 5.41) is 24.2. The van der Waals surface area contributed by atoms with Crippen molar-refractivity contribution in [3.05, 3.63) is 58.4 Å². The molecule has 0 fully saturated rings. The van der Waals surface area contributed by atoms with Crippen molar-refractivity contribution in [2.75, 3.05) is 25.1 Å². The third kappa shape index (κ3) is 7.21. The maximum atomic E-state index is 14.9. The van der Waals surface area contributed by atoms with Gasteiger partial charge in [0, 0.05) is 11.1 Å². The van der Waals surface area contributed by atoms with Crippen LogP contribution in [0.1, 0.15) is 35.3 Å². The normalized spacial score (nSPS) is 11.3. The fraction of sp³-hybridized carbons (Fsp3) is 0.273. The van der Waals surface area contributed by atoms with E-state index in [1.54, 1.807) is 0 Å². The van der Waals surface area contributed by atoms with E-state index in [1.807, 2.05) is 5.48 Å². The lowest BCUT2D eigenvalue weighted by Gasteiger charge is -2.16. The van der Waals surface area contributed by atoms with E-state index < -0.39 is 52.4 Å². The molecule has 1 amide bonds. The Kier molecular flexibility index (Phi) is 8.81. The highest BCUT2D eigenvalue weighted by Crippen LogP contribution is 2.30. The number of hydroxylamine groups is 1. The molecule has 0 bridgehead atoms. The van der Waals surface area contributed by atoms with E-state index in [-0.39, 0.29) is 24.5 Å². The molecule has 4 N–H and O–H groups in total. The lowest BCUT2D eigenvalue weighted by Crippen LogP contribution is -2.26. The molecule has 2 aromatic rings. The van der Waals surface area contributed by atoms with Crippen LogP contribution in [0.5, 0.6) is 0 Å². The van der Waals surface area contributed by atoms with Gasteiger partial charge in [-0.3, -0.25) is 9.63 Å². The molecule has 0 aliphatic heterocycles. The second kappa shape index (κ2) is 11.3. The third-order valence-electron chi connectivity index (χ3n) is 3.92. The first kappa shape index (κ1) is 25.7. The number of terminal acetylenes is 1. The number of nitrogens with one attached hydrogen (secondary N) is 2. The molecule has 33 heavy (non-hydrogen) atoms. The molecule has 0 saturated heterocycles. The molecule has 0 saturated carbocycles. The van der Waals surface area contributed by atoms with Crippen molar-refractivity contribution in [2.24, 2.45) is 5.16 Å². The molecule has 8 nitrogen and oxygen atoms in total. The largest absolute Gasteiger partial charge is 0.394 e. The van der Waals surface area contributed by atoms with Crippen molar-refractivity contribution in [3.63, 3.8) is 0 Å². The predicted octanol–water partition coefficient (Wildman–Crippen LogP) is 2.60. The first-order valence-electron chi connectivity index (χ1n) is 9.53. The Balaban J connectivity index is 2.46. The van der Waals surface area contributed by atoms with Gasteiger partial charge in [0.25, 0.3) is 5.91 Å². The highest BCUT2D eigenvalue weighted by molar-refractivity contribution is 6.01. The van der Waals surface area contributed by atoms with Crippen LogP contribution in [0.4, 0.5) is 24.5 Å². The van der Waals surface area contributed by atoms with Gasteiger partial charge in [0.2, 0.25) is 0 Å². The van der Waals surface area contributed by atoms with Crippen LogP contribution in [0.2, 0.25) is 0 Å². The average Bonchev–Trinajstić information content (AvgIpc) is 2.76. The van der Waals surface area contributed by atoms with Gasteiger partial charge in [-0.05, 0) is 38.1 Å². The first-order valence-corrected chi connectivity index (χ1v) is 9.53. The minimum absolute atomic E-state index is 0.220. The third-order valence-corrected chi connectivity index (χ3v) is 3.92. The number of hydrogen-bond acceptors (Lipinski definition) is 7. The number of carbonyl (C=O) groups is 1. The maximum absolute atomic E-state index is 14.9. The number of anilines is 2. The lowest BCUT2D eigenvalue weighted by atomic mass is 10.1.